The van der Waals surface area contributed by atoms with Crippen LogP contribution in [0.5, 0.6) is 5.75 Å². The molecule has 4 aromatic rings. The van der Waals surface area contributed by atoms with E-state index in [0.717, 1.165) is 33.8 Å². The van der Waals surface area contributed by atoms with Crippen molar-refractivity contribution >= 4 is 23.2 Å². The third kappa shape index (κ3) is 3.85. The summed E-state index contributed by atoms with van der Waals surface area (Å²) in [6.45, 7) is 6.08. The summed E-state index contributed by atoms with van der Waals surface area (Å²) in [4.78, 5) is 17.6. The highest BCUT2D eigenvalue weighted by atomic mass is 16.5. The summed E-state index contributed by atoms with van der Waals surface area (Å²) in [5.41, 5.74) is 6.49. The highest BCUT2D eigenvalue weighted by Gasteiger charge is 2.17. The summed E-state index contributed by atoms with van der Waals surface area (Å²) in [7, 11) is 1.63. The SMILES string of the molecule is COc1ccc(-c2nc3cc(C)ccn3c2NC(=O)Nc2ccc(C)c(C)c2)cc1. The Labute approximate surface area is 175 Å². The topological polar surface area (TPSA) is 67.7 Å². The molecule has 6 heteroatoms. The van der Waals surface area contributed by atoms with Gasteiger partial charge in [-0.25, -0.2) is 9.78 Å². The van der Waals surface area contributed by atoms with E-state index in [4.69, 9.17) is 9.72 Å². The summed E-state index contributed by atoms with van der Waals surface area (Å²) in [5.74, 6) is 1.37. The van der Waals surface area contributed by atoms with Gasteiger partial charge in [-0.05, 0) is 86.0 Å². The molecule has 30 heavy (non-hydrogen) atoms. The van der Waals surface area contributed by atoms with Crippen LogP contribution in [-0.2, 0) is 0 Å². The number of rotatable bonds is 4. The van der Waals surface area contributed by atoms with Crippen molar-refractivity contribution in [3.05, 3.63) is 77.5 Å². The summed E-state index contributed by atoms with van der Waals surface area (Å²) in [6.07, 6.45) is 1.91. The van der Waals surface area contributed by atoms with E-state index in [1.807, 2.05) is 86.0 Å². The number of fused-ring (bicyclic) bond motifs is 1. The van der Waals surface area contributed by atoms with Gasteiger partial charge in [0.15, 0.2) is 0 Å². The zero-order valence-electron chi connectivity index (χ0n) is 17.5. The first-order valence-electron chi connectivity index (χ1n) is 9.73. The van der Waals surface area contributed by atoms with Crippen molar-refractivity contribution in [1.82, 2.24) is 9.38 Å². The highest BCUT2D eigenvalue weighted by molar-refractivity contribution is 6.01. The molecule has 0 aliphatic rings. The number of methoxy groups -OCH3 is 1. The molecule has 0 bridgehead atoms. The average molecular weight is 400 g/mol. The molecule has 0 radical (unpaired) electrons. The van der Waals surface area contributed by atoms with Crippen LogP contribution in [-0.4, -0.2) is 22.5 Å². The van der Waals surface area contributed by atoms with Gasteiger partial charge >= 0.3 is 6.03 Å². The molecule has 0 spiro atoms. The van der Waals surface area contributed by atoms with Crippen molar-refractivity contribution in [2.45, 2.75) is 20.8 Å². The number of hydrogen-bond acceptors (Lipinski definition) is 3. The maximum Gasteiger partial charge on any atom is 0.324 e. The van der Waals surface area contributed by atoms with Gasteiger partial charge in [-0.2, -0.15) is 0 Å². The quantitative estimate of drug-likeness (QED) is 0.470. The predicted molar refractivity (Wildman–Crippen MR) is 120 cm³/mol. The van der Waals surface area contributed by atoms with Crippen LogP contribution in [0, 0.1) is 20.8 Å². The van der Waals surface area contributed by atoms with Crippen molar-refractivity contribution in [3.8, 4) is 17.0 Å². The van der Waals surface area contributed by atoms with Crippen molar-refractivity contribution in [1.29, 1.82) is 0 Å². The van der Waals surface area contributed by atoms with Crippen molar-refractivity contribution in [2.24, 2.45) is 0 Å². The largest absolute Gasteiger partial charge is 0.497 e. The van der Waals surface area contributed by atoms with E-state index in [9.17, 15) is 4.79 Å². The normalized spacial score (nSPS) is 10.8. The lowest BCUT2D eigenvalue weighted by Crippen LogP contribution is -2.21. The molecule has 0 fully saturated rings. The lowest BCUT2D eigenvalue weighted by Gasteiger charge is -2.11. The van der Waals surface area contributed by atoms with E-state index >= 15 is 0 Å². The minimum absolute atomic E-state index is 0.324. The number of carbonyl (C=O) groups is 1. The molecule has 0 unspecified atom stereocenters. The smallest absolute Gasteiger partial charge is 0.324 e. The number of aromatic nitrogens is 2. The number of nitrogens with one attached hydrogen (secondary N) is 2. The molecule has 0 saturated carbocycles. The molecule has 152 valence electrons. The van der Waals surface area contributed by atoms with E-state index in [-0.39, 0.29) is 6.03 Å². The number of pyridine rings is 1. The fourth-order valence-corrected chi connectivity index (χ4v) is 3.31. The Morgan fingerprint density at radius 3 is 2.40 bits per heavy atom. The second kappa shape index (κ2) is 7.91. The Morgan fingerprint density at radius 2 is 1.70 bits per heavy atom. The first-order chi connectivity index (χ1) is 14.4. The molecule has 0 aliphatic carbocycles. The van der Waals surface area contributed by atoms with Crippen LogP contribution >= 0.6 is 0 Å². The van der Waals surface area contributed by atoms with Gasteiger partial charge in [0, 0.05) is 17.4 Å². The molecule has 2 aromatic heterocycles. The van der Waals surface area contributed by atoms with E-state index in [0.29, 0.717) is 11.5 Å². The van der Waals surface area contributed by atoms with Crippen LogP contribution in [0.3, 0.4) is 0 Å². The lowest BCUT2D eigenvalue weighted by atomic mass is 10.1. The summed E-state index contributed by atoms with van der Waals surface area (Å²) >= 11 is 0. The number of anilines is 2. The Balaban J connectivity index is 1.70. The number of aryl methyl sites for hydroxylation is 3. The number of urea groups is 1. The fraction of sp³-hybridized carbons (Fsp3) is 0.167. The molecule has 0 saturated heterocycles. The average Bonchev–Trinajstić information content (AvgIpc) is 3.08. The molecule has 2 aromatic carbocycles. The summed E-state index contributed by atoms with van der Waals surface area (Å²) in [6, 6.07) is 17.1. The van der Waals surface area contributed by atoms with E-state index in [2.05, 4.69) is 10.6 Å². The second-order valence-corrected chi connectivity index (χ2v) is 7.35. The van der Waals surface area contributed by atoms with Gasteiger partial charge in [0.1, 0.15) is 22.9 Å². The molecule has 0 atom stereocenters. The van der Waals surface area contributed by atoms with Crippen molar-refractivity contribution in [3.63, 3.8) is 0 Å². The second-order valence-electron chi connectivity index (χ2n) is 7.35. The predicted octanol–water partition coefficient (Wildman–Crippen LogP) is 5.58. The van der Waals surface area contributed by atoms with E-state index in [1.165, 1.54) is 5.56 Å². The lowest BCUT2D eigenvalue weighted by molar-refractivity contribution is 0.262. The van der Waals surface area contributed by atoms with E-state index < -0.39 is 0 Å². The Hall–Kier alpha value is -3.80. The van der Waals surface area contributed by atoms with Crippen molar-refractivity contribution in [2.75, 3.05) is 17.7 Å². The Bertz CT molecular complexity index is 1230. The summed E-state index contributed by atoms with van der Waals surface area (Å²) < 4.78 is 7.14. The molecule has 2 heterocycles. The molecular formula is C24H24N4O2. The fourth-order valence-electron chi connectivity index (χ4n) is 3.31. The van der Waals surface area contributed by atoms with Crippen LogP contribution in [0.2, 0.25) is 0 Å². The monoisotopic (exact) mass is 400 g/mol. The zero-order valence-corrected chi connectivity index (χ0v) is 17.5. The Kier molecular flexibility index (Phi) is 5.14. The van der Waals surface area contributed by atoms with Gasteiger partial charge in [-0.3, -0.25) is 9.72 Å². The Morgan fingerprint density at radius 1 is 0.933 bits per heavy atom. The van der Waals surface area contributed by atoms with Gasteiger partial charge in [-0.1, -0.05) is 6.07 Å². The van der Waals surface area contributed by atoms with E-state index in [1.54, 1.807) is 7.11 Å². The molecule has 2 N–H and O–H groups in total. The van der Waals surface area contributed by atoms with Crippen LogP contribution in [0.15, 0.2) is 60.8 Å². The van der Waals surface area contributed by atoms with Gasteiger partial charge in [0.25, 0.3) is 0 Å². The molecule has 6 nitrogen and oxygen atoms in total. The maximum atomic E-state index is 12.8. The first kappa shape index (κ1) is 19.5. The van der Waals surface area contributed by atoms with Crippen molar-refractivity contribution < 1.29 is 9.53 Å². The molecule has 0 aliphatic heterocycles. The number of ether oxygens (including phenoxy) is 1. The van der Waals surface area contributed by atoms with Gasteiger partial charge in [0.05, 0.1) is 7.11 Å². The standard InChI is InChI=1S/C24H24N4O2/c1-15-11-12-28-21(13-15)26-22(18-6-9-20(30-4)10-7-18)23(28)27-24(29)25-19-8-5-16(2)17(3)14-19/h5-14H,1-4H3,(H2,25,27,29). The minimum atomic E-state index is -0.324. The van der Waals surface area contributed by atoms with Gasteiger partial charge in [-0.15, -0.1) is 0 Å². The van der Waals surface area contributed by atoms with Crippen LogP contribution in [0.25, 0.3) is 16.9 Å². The molecular weight excluding hydrogens is 376 g/mol. The molecule has 2 amide bonds. The van der Waals surface area contributed by atoms with Gasteiger partial charge in [0.2, 0.25) is 0 Å². The molecule has 4 rings (SSSR count). The number of carbonyl (C=O) groups excluding carboxylic acids is 1. The zero-order chi connectivity index (χ0) is 21.3. The first-order valence-corrected chi connectivity index (χ1v) is 9.73. The number of imidazole rings is 1. The van der Waals surface area contributed by atoms with Gasteiger partial charge < -0.3 is 10.1 Å². The van der Waals surface area contributed by atoms with Crippen LogP contribution in [0.1, 0.15) is 16.7 Å². The summed E-state index contributed by atoms with van der Waals surface area (Å²) in [5, 5.41) is 5.89. The van der Waals surface area contributed by atoms with Crippen LogP contribution < -0.4 is 15.4 Å². The number of amides is 2. The third-order valence-corrected chi connectivity index (χ3v) is 5.14. The van der Waals surface area contributed by atoms with Crippen LogP contribution in [0.4, 0.5) is 16.3 Å². The number of hydrogen-bond donors (Lipinski definition) is 2. The number of benzene rings is 2. The maximum absolute atomic E-state index is 12.8. The number of nitrogens with zero attached hydrogens (tertiary/aromatic N) is 2. The minimum Gasteiger partial charge on any atom is -0.497 e. The highest BCUT2D eigenvalue weighted by Crippen LogP contribution is 2.30. The third-order valence-electron chi connectivity index (χ3n) is 5.14.